The number of aliphatic hydroxyl groups excluding tert-OH is 1. The van der Waals surface area contributed by atoms with E-state index in [4.69, 9.17) is 9.84 Å². The van der Waals surface area contributed by atoms with Crippen LogP contribution < -0.4 is 4.74 Å². The Hall–Kier alpha value is -1.07. The zero-order chi connectivity index (χ0) is 13.8. The largest absolute Gasteiger partial charge is 0.496 e. The molecule has 0 spiro atoms. The molecular formula is C14H18BrNO3. The second-order valence-electron chi connectivity index (χ2n) is 4.81. The lowest BCUT2D eigenvalue weighted by Crippen LogP contribution is -2.27. The number of benzene rings is 1. The van der Waals surface area contributed by atoms with Crippen molar-refractivity contribution >= 4 is 21.8 Å². The standard InChI is InChI=1S/C14H18BrNO3/c1-19-13-3-2-10(6-12(13)15)4-5-16-8-11(9-17)7-14(16)18/h2-3,6,11,17H,4-5,7-9H2,1H3. The number of nitrogens with zero attached hydrogens (tertiary/aromatic N) is 1. The van der Waals surface area contributed by atoms with Gasteiger partial charge in [0.2, 0.25) is 5.91 Å². The first kappa shape index (κ1) is 14.3. The van der Waals surface area contributed by atoms with E-state index < -0.39 is 0 Å². The summed E-state index contributed by atoms with van der Waals surface area (Å²) in [5, 5.41) is 9.08. The zero-order valence-corrected chi connectivity index (χ0v) is 12.5. The number of ether oxygens (including phenoxy) is 1. The second kappa shape index (κ2) is 6.39. The lowest BCUT2D eigenvalue weighted by atomic mass is 10.1. The fourth-order valence-corrected chi connectivity index (χ4v) is 2.91. The van der Waals surface area contributed by atoms with E-state index in [1.165, 1.54) is 0 Å². The third-order valence-electron chi connectivity index (χ3n) is 3.44. The van der Waals surface area contributed by atoms with Crippen LogP contribution in [0.4, 0.5) is 0 Å². The Morgan fingerprint density at radius 2 is 2.32 bits per heavy atom. The number of methoxy groups -OCH3 is 1. The van der Waals surface area contributed by atoms with Gasteiger partial charge in [0.25, 0.3) is 0 Å². The monoisotopic (exact) mass is 327 g/mol. The highest BCUT2D eigenvalue weighted by atomic mass is 79.9. The predicted molar refractivity (Wildman–Crippen MR) is 76.2 cm³/mol. The summed E-state index contributed by atoms with van der Waals surface area (Å²) < 4.78 is 6.11. The summed E-state index contributed by atoms with van der Waals surface area (Å²) >= 11 is 3.45. The van der Waals surface area contributed by atoms with Crippen LogP contribution in [0, 0.1) is 5.92 Å². The highest BCUT2D eigenvalue weighted by molar-refractivity contribution is 9.10. The van der Waals surface area contributed by atoms with Gasteiger partial charge < -0.3 is 14.7 Å². The van der Waals surface area contributed by atoms with E-state index in [1.807, 2.05) is 23.1 Å². The maximum Gasteiger partial charge on any atom is 0.223 e. The van der Waals surface area contributed by atoms with Crippen LogP contribution in [0.5, 0.6) is 5.75 Å². The first-order chi connectivity index (χ1) is 9.13. The Morgan fingerprint density at radius 1 is 1.53 bits per heavy atom. The Kier molecular flexibility index (Phi) is 4.82. The lowest BCUT2D eigenvalue weighted by Gasteiger charge is -2.16. The fourth-order valence-electron chi connectivity index (χ4n) is 2.32. The normalized spacial score (nSPS) is 19.0. The van der Waals surface area contributed by atoms with E-state index >= 15 is 0 Å². The average molecular weight is 328 g/mol. The number of hydrogen-bond donors (Lipinski definition) is 1. The molecule has 1 unspecified atom stereocenters. The molecule has 1 aliphatic heterocycles. The molecule has 1 N–H and O–H groups in total. The molecule has 0 bridgehead atoms. The highest BCUT2D eigenvalue weighted by Gasteiger charge is 2.28. The summed E-state index contributed by atoms with van der Waals surface area (Å²) in [6.45, 7) is 1.47. The van der Waals surface area contributed by atoms with E-state index in [0.29, 0.717) is 19.5 Å². The van der Waals surface area contributed by atoms with Crippen LogP contribution in [0.15, 0.2) is 22.7 Å². The SMILES string of the molecule is COc1ccc(CCN2CC(CO)CC2=O)cc1Br. The Labute approximate surface area is 121 Å². The number of carbonyl (C=O) groups is 1. The molecule has 1 aliphatic rings. The number of aliphatic hydroxyl groups is 1. The van der Waals surface area contributed by atoms with E-state index in [-0.39, 0.29) is 18.4 Å². The van der Waals surface area contributed by atoms with Gasteiger partial charge in [0, 0.05) is 32.0 Å². The van der Waals surface area contributed by atoms with Gasteiger partial charge in [0.15, 0.2) is 0 Å². The van der Waals surface area contributed by atoms with Crippen molar-refractivity contribution in [1.29, 1.82) is 0 Å². The Balaban J connectivity index is 1.92. The van der Waals surface area contributed by atoms with E-state index in [1.54, 1.807) is 7.11 Å². The van der Waals surface area contributed by atoms with Crippen LogP contribution in [-0.4, -0.2) is 42.7 Å². The maximum absolute atomic E-state index is 11.7. The van der Waals surface area contributed by atoms with Gasteiger partial charge in [-0.2, -0.15) is 0 Å². The Bertz CT molecular complexity index is 464. The number of carbonyl (C=O) groups excluding carboxylic acids is 1. The van der Waals surface area contributed by atoms with Crippen LogP contribution in [0.1, 0.15) is 12.0 Å². The smallest absolute Gasteiger partial charge is 0.223 e. The van der Waals surface area contributed by atoms with Crippen LogP contribution in [0.2, 0.25) is 0 Å². The fraction of sp³-hybridized carbons (Fsp3) is 0.500. The molecule has 1 saturated heterocycles. The summed E-state index contributed by atoms with van der Waals surface area (Å²) in [5.41, 5.74) is 1.16. The molecule has 1 heterocycles. The average Bonchev–Trinajstić information content (AvgIpc) is 2.77. The molecule has 19 heavy (non-hydrogen) atoms. The molecule has 0 aliphatic carbocycles. The lowest BCUT2D eigenvalue weighted by molar-refractivity contribution is -0.127. The molecule has 104 valence electrons. The van der Waals surface area contributed by atoms with Crippen molar-refractivity contribution in [3.8, 4) is 5.75 Å². The minimum Gasteiger partial charge on any atom is -0.496 e. The number of rotatable bonds is 5. The van der Waals surface area contributed by atoms with Crippen molar-refractivity contribution in [2.75, 3.05) is 26.8 Å². The van der Waals surface area contributed by atoms with E-state index in [2.05, 4.69) is 15.9 Å². The molecule has 0 saturated carbocycles. The van der Waals surface area contributed by atoms with Gasteiger partial charge in [-0.05, 0) is 40.0 Å². The predicted octanol–water partition coefficient (Wildman–Crippen LogP) is 1.84. The summed E-state index contributed by atoms with van der Waals surface area (Å²) in [6.07, 6.45) is 1.29. The zero-order valence-electron chi connectivity index (χ0n) is 10.9. The molecule has 0 aromatic heterocycles. The van der Waals surface area contributed by atoms with Gasteiger partial charge in [0.05, 0.1) is 11.6 Å². The summed E-state index contributed by atoms with van der Waals surface area (Å²) in [4.78, 5) is 13.6. The number of likely N-dealkylation sites (tertiary alicyclic amines) is 1. The number of amides is 1. The van der Waals surface area contributed by atoms with Gasteiger partial charge in [-0.1, -0.05) is 6.07 Å². The van der Waals surface area contributed by atoms with Crippen molar-refractivity contribution in [3.63, 3.8) is 0 Å². The quantitative estimate of drug-likeness (QED) is 0.897. The second-order valence-corrected chi connectivity index (χ2v) is 5.67. The number of hydrogen-bond acceptors (Lipinski definition) is 3. The number of halogens is 1. The van der Waals surface area contributed by atoms with Crippen LogP contribution >= 0.6 is 15.9 Å². The third-order valence-corrected chi connectivity index (χ3v) is 4.06. The Morgan fingerprint density at radius 3 is 2.89 bits per heavy atom. The van der Waals surface area contributed by atoms with Gasteiger partial charge in [-0.15, -0.1) is 0 Å². The minimum atomic E-state index is 0.0936. The van der Waals surface area contributed by atoms with Crippen molar-refractivity contribution in [2.24, 2.45) is 5.92 Å². The molecular weight excluding hydrogens is 310 g/mol. The molecule has 2 rings (SSSR count). The van der Waals surface area contributed by atoms with Crippen molar-refractivity contribution in [1.82, 2.24) is 4.90 Å². The van der Waals surface area contributed by atoms with E-state index in [9.17, 15) is 4.79 Å². The molecule has 1 aromatic rings. The first-order valence-electron chi connectivity index (χ1n) is 6.35. The first-order valence-corrected chi connectivity index (χ1v) is 7.14. The minimum absolute atomic E-state index is 0.0936. The molecule has 1 atom stereocenters. The topological polar surface area (TPSA) is 49.8 Å². The van der Waals surface area contributed by atoms with Gasteiger partial charge >= 0.3 is 0 Å². The van der Waals surface area contributed by atoms with E-state index in [0.717, 1.165) is 22.2 Å². The summed E-state index contributed by atoms with van der Waals surface area (Å²) in [7, 11) is 1.64. The summed E-state index contributed by atoms with van der Waals surface area (Å²) in [5.74, 6) is 1.06. The molecule has 1 amide bonds. The molecule has 0 radical (unpaired) electrons. The third kappa shape index (κ3) is 3.48. The van der Waals surface area contributed by atoms with Crippen LogP contribution in [-0.2, 0) is 11.2 Å². The van der Waals surface area contributed by atoms with Crippen LogP contribution in [0.3, 0.4) is 0 Å². The molecule has 4 nitrogen and oxygen atoms in total. The van der Waals surface area contributed by atoms with Gasteiger partial charge in [-0.3, -0.25) is 4.79 Å². The summed E-state index contributed by atoms with van der Waals surface area (Å²) in [6, 6.07) is 5.94. The molecule has 1 aromatic carbocycles. The van der Waals surface area contributed by atoms with Gasteiger partial charge in [-0.25, -0.2) is 0 Å². The van der Waals surface area contributed by atoms with Crippen molar-refractivity contribution < 1.29 is 14.6 Å². The highest BCUT2D eigenvalue weighted by Crippen LogP contribution is 2.26. The van der Waals surface area contributed by atoms with Crippen LogP contribution in [0.25, 0.3) is 0 Å². The van der Waals surface area contributed by atoms with Gasteiger partial charge in [0.1, 0.15) is 5.75 Å². The maximum atomic E-state index is 11.7. The molecule has 1 fully saturated rings. The molecule has 5 heteroatoms. The van der Waals surface area contributed by atoms with Crippen molar-refractivity contribution in [2.45, 2.75) is 12.8 Å². The van der Waals surface area contributed by atoms with Crippen molar-refractivity contribution in [3.05, 3.63) is 28.2 Å².